The quantitative estimate of drug-likeness (QED) is 0.788. The van der Waals surface area contributed by atoms with Crippen molar-refractivity contribution in [2.24, 2.45) is 0 Å². The van der Waals surface area contributed by atoms with Crippen LogP contribution in [0.3, 0.4) is 0 Å². The summed E-state index contributed by atoms with van der Waals surface area (Å²) in [5.41, 5.74) is 4.50. The summed E-state index contributed by atoms with van der Waals surface area (Å²) in [6.45, 7) is 8.01. The minimum atomic E-state index is -0.372. The van der Waals surface area contributed by atoms with E-state index in [1.165, 1.54) is 0 Å². The summed E-state index contributed by atoms with van der Waals surface area (Å²) in [5, 5.41) is 7.80. The first-order valence-corrected chi connectivity index (χ1v) is 6.94. The van der Waals surface area contributed by atoms with Crippen molar-refractivity contribution in [3.8, 4) is 11.3 Å². The normalized spacial score (nSPS) is 15.7. The number of nitrogens with zero attached hydrogens (tertiary/aromatic N) is 2. The van der Waals surface area contributed by atoms with Gasteiger partial charge in [0.05, 0.1) is 16.4 Å². The Morgan fingerprint density at radius 2 is 2.05 bits per heavy atom. The smallest absolute Gasteiger partial charge is 0.139 e. The van der Waals surface area contributed by atoms with Crippen molar-refractivity contribution in [3.63, 3.8) is 0 Å². The highest BCUT2D eigenvalue weighted by atomic mass is 79.9. The molecule has 0 amide bonds. The second-order valence-electron chi connectivity index (χ2n) is 5.49. The van der Waals surface area contributed by atoms with Gasteiger partial charge < -0.3 is 5.32 Å². The molecule has 0 radical (unpaired) electrons. The van der Waals surface area contributed by atoms with Gasteiger partial charge in [0.2, 0.25) is 0 Å². The van der Waals surface area contributed by atoms with Crippen LogP contribution in [-0.4, -0.2) is 9.78 Å². The number of halogens is 2. The lowest BCUT2D eigenvalue weighted by atomic mass is 9.96. The average molecular weight is 324 g/mol. The van der Waals surface area contributed by atoms with Gasteiger partial charge in [0.15, 0.2) is 0 Å². The van der Waals surface area contributed by atoms with E-state index in [1.54, 1.807) is 6.07 Å². The third-order valence-corrected chi connectivity index (χ3v) is 4.59. The minimum absolute atomic E-state index is 0.245. The number of anilines is 1. The standard InChI is InChI=1S/C14H15BrFN3/c1-7-6-17-19-13(7)11-8(2)12(15)9(16)5-10(11)18-14(19,3)4/h5-6,18H,1-4H3. The average Bonchev–Trinajstić information content (AvgIpc) is 2.69. The van der Waals surface area contributed by atoms with Gasteiger partial charge in [-0.25, -0.2) is 9.07 Å². The van der Waals surface area contributed by atoms with Crippen LogP contribution in [0.25, 0.3) is 11.3 Å². The monoisotopic (exact) mass is 323 g/mol. The van der Waals surface area contributed by atoms with E-state index in [0.29, 0.717) is 4.47 Å². The van der Waals surface area contributed by atoms with E-state index < -0.39 is 0 Å². The first-order chi connectivity index (χ1) is 8.83. The van der Waals surface area contributed by atoms with E-state index in [1.807, 2.05) is 38.6 Å². The summed E-state index contributed by atoms with van der Waals surface area (Å²) in [6, 6.07) is 1.55. The third kappa shape index (κ3) is 1.64. The van der Waals surface area contributed by atoms with Gasteiger partial charge in [-0.3, -0.25) is 0 Å². The number of hydrogen-bond acceptors (Lipinski definition) is 2. The molecule has 1 aromatic carbocycles. The Kier molecular flexibility index (Phi) is 2.55. The zero-order valence-electron chi connectivity index (χ0n) is 11.3. The zero-order valence-corrected chi connectivity index (χ0v) is 12.9. The number of nitrogens with one attached hydrogen (secondary N) is 1. The molecule has 100 valence electrons. The molecule has 1 aliphatic rings. The van der Waals surface area contributed by atoms with Crippen molar-refractivity contribution in [2.45, 2.75) is 33.4 Å². The molecular weight excluding hydrogens is 309 g/mol. The molecule has 0 fully saturated rings. The van der Waals surface area contributed by atoms with Crippen LogP contribution >= 0.6 is 15.9 Å². The van der Waals surface area contributed by atoms with Crippen LogP contribution in [0.2, 0.25) is 0 Å². The molecule has 0 saturated heterocycles. The predicted molar refractivity (Wildman–Crippen MR) is 77.7 cm³/mol. The van der Waals surface area contributed by atoms with Crippen LogP contribution < -0.4 is 5.32 Å². The molecule has 0 unspecified atom stereocenters. The maximum Gasteiger partial charge on any atom is 0.139 e. The highest BCUT2D eigenvalue weighted by molar-refractivity contribution is 9.10. The first-order valence-electron chi connectivity index (χ1n) is 6.15. The minimum Gasteiger partial charge on any atom is -0.361 e. The highest BCUT2D eigenvalue weighted by Gasteiger charge is 2.33. The lowest BCUT2D eigenvalue weighted by Crippen LogP contribution is -2.39. The summed E-state index contributed by atoms with van der Waals surface area (Å²) in [6.07, 6.45) is 1.85. The van der Waals surface area contributed by atoms with Crippen molar-refractivity contribution in [1.29, 1.82) is 0 Å². The van der Waals surface area contributed by atoms with Crippen LogP contribution in [-0.2, 0) is 5.66 Å². The second kappa shape index (κ2) is 3.82. The molecule has 5 heteroatoms. The number of benzene rings is 1. The number of rotatable bonds is 0. The first kappa shape index (κ1) is 12.7. The van der Waals surface area contributed by atoms with Gasteiger partial charge in [0, 0.05) is 11.3 Å². The Hall–Kier alpha value is -1.36. The van der Waals surface area contributed by atoms with Crippen LogP contribution in [0.4, 0.5) is 10.1 Å². The molecule has 1 aliphatic heterocycles. The molecule has 0 atom stereocenters. The van der Waals surface area contributed by atoms with Crippen LogP contribution in [0, 0.1) is 19.7 Å². The van der Waals surface area contributed by atoms with Gasteiger partial charge in [-0.15, -0.1) is 0 Å². The lowest BCUT2D eigenvalue weighted by Gasteiger charge is -2.36. The molecule has 3 nitrogen and oxygen atoms in total. The van der Waals surface area contributed by atoms with Gasteiger partial charge in [-0.05, 0) is 60.8 Å². The molecule has 1 N–H and O–H groups in total. The molecule has 0 bridgehead atoms. The van der Waals surface area contributed by atoms with Crippen molar-refractivity contribution in [1.82, 2.24) is 9.78 Å². The van der Waals surface area contributed by atoms with Crippen LogP contribution in [0.15, 0.2) is 16.7 Å². The Labute approximate surface area is 119 Å². The molecule has 3 rings (SSSR count). The fraction of sp³-hybridized carbons (Fsp3) is 0.357. The number of hydrogen-bond donors (Lipinski definition) is 1. The SMILES string of the molecule is Cc1cnn2c1-c1c(cc(F)c(Br)c1C)NC2(C)C. The van der Waals surface area contributed by atoms with Gasteiger partial charge in [0.25, 0.3) is 0 Å². The van der Waals surface area contributed by atoms with E-state index in [4.69, 9.17) is 0 Å². The van der Waals surface area contributed by atoms with E-state index in [-0.39, 0.29) is 11.5 Å². The number of aromatic nitrogens is 2. The molecule has 2 heterocycles. The largest absolute Gasteiger partial charge is 0.361 e. The topological polar surface area (TPSA) is 29.9 Å². The second-order valence-corrected chi connectivity index (χ2v) is 6.28. The van der Waals surface area contributed by atoms with Crippen molar-refractivity contribution < 1.29 is 4.39 Å². The number of aryl methyl sites for hydroxylation is 1. The van der Waals surface area contributed by atoms with E-state index in [0.717, 1.165) is 28.1 Å². The maximum atomic E-state index is 13.9. The van der Waals surface area contributed by atoms with Gasteiger partial charge in [-0.2, -0.15) is 5.10 Å². The Bertz CT molecular complexity index is 688. The van der Waals surface area contributed by atoms with Gasteiger partial charge >= 0.3 is 0 Å². The van der Waals surface area contributed by atoms with Gasteiger partial charge in [-0.1, -0.05) is 0 Å². The zero-order chi connectivity index (χ0) is 13.9. The fourth-order valence-electron chi connectivity index (χ4n) is 2.70. The van der Waals surface area contributed by atoms with Crippen LogP contribution in [0.5, 0.6) is 0 Å². The van der Waals surface area contributed by atoms with Gasteiger partial charge in [0.1, 0.15) is 11.5 Å². The third-order valence-electron chi connectivity index (χ3n) is 3.61. The summed E-state index contributed by atoms with van der Waals surface area (Å²) >= 11 is 3.32. The lowest BCUT2D eigenvalue weighted by molar-refractivity contribution is 0.368. The highest BCUT2D eigenvalue weighted by Crippen LogP contribution is 2.44. The van der Waals surface area contributed by atoms with Crippen molar-refractivity contribution >= 4 is 21.6 Å². The van der Waals surface area contributed by atoms with E-state index in [9.17, 15) is 4.39 Å². The Morgan fingerprint density at radius 1 is 1.37 bits per heavy atom. The Balaban J connectivity index is 2.42. The molecule has 0 aliphatic carbocycles. The van der Waals surface area contributed by atoms with Crippen molar-refractivity contribution in [2.75, 3.05) is 5.32 Å². The summed E-state index contributed by atoms with van der Waals surface area (Å²) in [5.74, 6) is -0.245. The van der Waals surface area contributed by atoms with E-state index >= 15 is 0 Å². The van der Waals surface area contributed by atoms with Crippen molar-refractivity contribution in [3.05, 3.63) is 33.7 Å². The molecule has 0 saturated carbocycles. The predicted octanol–water partition coefficient (Wildman–Crippen LogP) is 4.19. The molecular formula is C14H15BrFN3. The Morgan fingerprint density at radius 3 is 2.74 bits per heavy atom. The molecule has 1 aromatic heterocycles. The molecule has 19 heavy (non-hydrogen) atoms. The maximum absolute atomic E-state index is 13.9. The number of fused-ring (bicyclic) bond motifs is 3. The summed E-state index contributed by atoms with van der Waals surface area (Å²) < 4.78 is 16.4. The molecule has 0 spiro atoms. The summed E-state index contributed by atoms with van der Waals surface area (Å²) in [4.78, 5) is 0. The van der Waals surface area contributed by atoms with E-state index in [2.05, 4.69) is 26.3 Å². The fourth-order valence-corrected chi connectivity index (χ4v) is 3.01. The summed E-state index contributed by atoms with van der Waals surface area (Å²) in [7, 11) is 0. The van der Waals surface area contributed by atoms with Crippen LogP contribution in [0.1, 0.15) is 25.0 Å². The molecule has 2 aromatic rings.